The van der Waals surface area contributed by atoms with Gasteiger partial charge in [-0.2, -0.15) is 5.10 Å². The normalized spacial score (nSPS) is 16.4. The summed E-state index contributed by atoms with van der Waals surface area (Å²) in [5.41, 5.74) is 11.3. The van der Waals surface area contributed by atoms with Gasteiger partial charge in [-0.15, -0.1) is 0 Å². The molecule has 2 aromatic heterocycles. The van der Waals surface area contributed by atoms with Gasteiger partial charge in [0.1, 0.15) is 5.82 Å². The van der Waals surface area contributed by atoms with Gasteiger partial charge in [-0.1, -0.05) is 53.9 Å². The Labute approximate surface area is 232 Å². The van der Waals surface area contributed by atoms with Gasteiger partial charge in [-0.3, -0.25) is 4.79 Å². The molecule has 2 unspecified atom stereocenters. The molecule has 10 heteroatoms. The number of hydrogen-bond acceptors (Lipinski definition) is 7. The number of rotatable bonds is 8. The van der Waals surface area contributed by atoms with Crippen LogP contribution in [0, 0.1) is 6.92 Å². The number of aryl methyl sites for hydroxylation is 1. The molecule has 1 saturated heterocycles. The van der Waals surface area contributed by atoms with Crippen LogP contribution in [0.1, 0.15) is 58.5 Å². The molecule has 5 rings (SSSR count). The number of nitrogens with two attached hydrogens (primary N) is 1. The first-order valence-corrected chi connectivity index (χ1v) is 14.4. The fraction of sp³-hybridized carbons (Fsp3) is 0.321. The minimum absolute atomic E-state index is 0.0489. The number of amides is 1. The molecule has 2 aromatic carbocycles. The van der Waals surface area contributed by atoms with Crippen molar-refractivity contribution >= 4 is 46.6 Å². The number of nitrogens with one attached hydrogen (secondary N) is 2. The molecular formula is C28H32ClN7OS. The highest BCUT2D eigenvalue weighted by molar-refractivity contribution is 7.99. The van der Waals surface area contributed by atoms with E-state index in [4.69, 9.17) is 27.4 Å². The second-order valence-corrected chi connectivity index (χ2v) is 10.6. The summed E-state index contributed by atoms with van der Waals surface area (Å²) >= 11 is 7.72. The molecule has 38 heavy (non-hydrogen) atoms. The molecule has 198 valence electrons. The average molecular weight is 550 g/mol. The van der Waals surface area contributed by atoms with Crippen LogP contribution in [0.25, 0.3) is 5.65 Å². The van der Waals surface area contributed by atoms with E-state index >= 15 is 0 Å². The molecule has 0 radical (unpaired) electrons. The fourth-order valence-corrected chi connectivity index (χ4v) is 5.49. The van der Waals surface area contributed by atoms with Gasteiger partial charge >= 0.3 is 0 Å². The lowest BCUT2D eigenvalue weighted by molar-refractivity contribution is 0.0607. The number of piperidine rings is 1. The quantitative estimate of drug-likeness (QED) is 0.237. The number of fused-ring (bicyclic) bond motifs is 1. The van der Waals surface area contributed by atoms with Crippen molar-refractivity contribution in [2.24, 2.45) is 5.73 Å². The Morgan fingerprint density at radius 1 is 1.21 bits per heavy atom. The molecule has 1 aliphatic rings. The Hall–Kier alpha value is -3.27. The summed E-state index contributed by atoms with van der Waals surface area (Å²) in [6, 6.07) is 17.1. The van der Waals surface area contributed by atoms with E-state index in [1.54, 1.807) is 16.6 Å². The van der Waals surface area contributed by atoms with Crippen molar-refractivity contribution < 1.29 is 4.79 Å². The molecule has 1 aliphatic heterocycles. The summed E-state index contributed by atoms with van der Waals surface area (Å²) in [7, 11) is 0. The molecule has 4 aromatic rings. The van der Waals surface area contributed by atoms with Crippen LogP contribution in [0.15, 0.2) is 60.8 Å². The molecule has 2 atom stereocenters. The van der Waals surface area contributed by atoms with E-state index in [2.05, 4.69) is 10.0 Å². The summed E-state index contributed by atoms with van der Waals surface area (Å²) in [4.78, 5) is 20.5. The zero-order valence-corrected chi connectivity index (χ0v) is 23.1. The number of anilines is 2. The van der Waals surface area contributed by atoms with Crippen molar-refractivity contribution in [2.75, 3.05) is 29.4 Å². The number of halogens is 1. The van der Waals surface area contributed by atoms with Crippen molar-refractivity contribution in [3.8, 4) is 0 Å². The Bertz CT molecular complexity index is 1430. The molecule has 0 saturated carbocycles. The summed E-state index contributed by atoms with van der Waals surface area (Å²) in [6.07, 6.45) is 6.72. The zero-order chi connectivity index (χ0) is 26.6. The van der Waals surface area contributed by atoms with Crippen molar-refractivity contribution in [1.29, 1.82) is 0 Å². The lowest BCUT2D eigenvalue weighted by Crippen LogP contribution is -2.39. The van der Waals surface area contributed by atoms with Gasteiger partial charge in [0.05, 0.1) is 23.0 Å². The summed E-state index contributed by atoms with van der Waals surface area (Å²) in [6.45, 7) is 3.23. The van der Waals surface area contributed by atoms with E-state index in [0.717, 1.165) is 53.2 Å². The van der Waals surface area contributed by atoms with Crippen molar-refractivity contribution in [1.82, 2.24) is 19.5 Å². The van der Waals surface area contributed by atoms with Gasteiger partial charge in [0.25, 0.3) is 5.91 Å². The zero-order valence-electron chi connectivity index (χ0n) is 21.5. The molecule has 4 N–H and O–H groups in total. The highest BCUT2D eigenvalue weighted by Gasteiger charge is 2.32. The topological polar surface area (TPSA) is 101 Å². The third-order valence-electron chi connectivity index (χ3n) is 6.90. The van der Waals surface area contributed by atoms with Crippen LogP contribution in [0.3, 0.4) is 0 Å². The molecule has 1 fully saturated rings. The highest BCUT2D eigenvalue weighted by atomic mass is 35.5. The number of benzene rings is 2. The largest absolute Gasteiger partial charge is 0.368 e. The molecule has 1 amide bonds. The molecule has 0 spiro atoms. The molecular weight excluding hydrogens is 518 g/mol. The van der Waals surface area contributed by atoms with Gasteiger partial charge in [0, 0.05) is 48.2 Å². The van der Waals surface area contributed by atoms with Gasteiger partial charge in [-0.05, 0) is 49.9 Å². The summed E-state index contributed by atoms with van der Waals surface area (Å²) < 4.78 is 5.00. The van der Waals surface area contributed by atoms with Crippen LogP contribution in [0.2, 0.25) is 5.02 Å². The predicted molar refractivity (Wildman–Crippen MR) is 156 cm³/mol. The first-order valence-electron chi connectivity index (χ1n) is 12.8. The summed E-state index contributed by atoms with van der Waals surface area (Å²) in [5, 5.41) is 8.78. The smallest absolute Gasteiger partial charge is 0.256 e. The Balaban J connectivity index is 1.39. The van der Waals surface area contributed by atoms with Crippen LogP contribution >= 0.6 is 23.5 Å². The maximum absolute atomic E-state index is 13.8. The Morgan fingerprint density at radius 2 is 2.03 bits per heavy atom. The molecule has 8 nitrogen and oxygen atoms in total. The number of nitrogens with zero attached hydrogens (tertiary/aromatic N) is 4. The van der Waals surface area contributed by atoms with E-state index in [1.165, 1.54) is 11.9 Å². The standard InChI is InChI=1S/C28H32ClN7OS/c1-18-17-36-26(32-27(18)31-16-22(30)19-8-4-3-5-9-19)15-24(33-36)25-10-6-7-13-35(25)28(37)21-14-20(29)11-12-23(21)34-38-2/h3-5,8-9,11-12,14-15,17,22,25,34H,6-7,10,13,16,30H2,1-2H3,(H,31,32). The first-order chi connectivity index (χ1) is 18.4. The van der Waals surface area contributed by atoms with Gasteiger partial charge in [0.15, 0.2) is 5.65 Å². The number of likely N-dealkylation sites (tertiary alicyclic amines) is 1. The van der Waals surface area contributed by atoms with Crippen molar-refractivity contribution in [3.05, 3.63) is 88.2 Å². The average Bonchev–Trinajstić information content (AvgIpc) is 3.35. The maximum Gasteiger partial charge on any atom is 0.256 e. The minimum Gasteiger partial charge on any atom is -0.368 e. The minimum atomic E-state index is -0.145. The van der Waals surface area contributed by atoms with Crippen LogP contribution in [0.5, 0.6) is 0 Å². The molecule has 0 bridgehead atoms. The Morgan fingerprint density at radius 3 is 2.82 bits per heavy atom. The first kappa shape index (κ1) is 26.3. The van der Waals surface area contributed by atoms with Crippen LogP contribution < -0.4 is 15.8 Å². The van der Waals surface area contributed by atoms with E-state index in [1.807, 2.05) is 66.7 Å². The van der Waals surface area contributed by atoms with Crippen LogP contribution in [0.4, 0.5) is 11.5 Å². The highest BCUT2D eigenvalue weighted by Crippen LogP contribution is 2.34. The van der Waals surface area contributed by atoms with Gasteiger partial charge in [0.2, 0.25) is 0 Å². The number of carbonyl (C=O) groups excluding carboxylic acids is 1. The van der Waals surface area contributed by atoms with Gasteiger partial charge < -0.3 is 20.7 Å². The van der Waals surface area contributed by atoms with E-state index < -0.39 is 0 Å². The molecule has 0 aliphatic carbocycles. The van der Waals surface area contributed by atoms with E-state index in [0.29, 0.717) is 23.7 Å². The third-order valence-corrected chi connectivity index (χ3v) is 7.56. The lowest BCUT2D eigenvalue weighted by Gasteiger charge is -2.35. The van der Waals surface area contributed by atoms with Crippen molar-refractivity contribution in [2.45, 2.75) is 38.3 Å². The second-order valence-electron chi connectivity index (χ2n) is 9.55. The van der Waals surface area contributed by atoms with Crippen molar-refractivity contribution in [3.63, 3.8) is 0 Å². The Kier molecular flexibility index (Phi) is 8.06. The number of aromatic nitrogens is 3. The lowest BCUT2D eigenvalue weighted by atomic mass is 9.98. The fourth-order valence-electron chi connectivity index (χ4n) is 4.92. The summed E-state index contributed by atoms with van der Waals surface area (Å²) in [5.74, 6) is 0.728. The number of carbonyl (C=O) groups is 1. The number of hydrogen-bond donors (Lipinski definition) is 3. The van der Waals surface area contributed by atoms with E-state index in [-0.39, 0.29) is 18.0 Å². The third kappa shape index (κ3) is 5.60. The SMILES string of the molecule is CSNc1ccc(Cl)cc1C(=O)N1CCCCC1c1cc2nc(NCC(N)c3ccccc3)c(C)cn2n1. The second kappa shape index (κ2) is 11.6. The van der Waals surface area contributed by atoms with Crippen LogP contribution in [-0.4, -0.2) is 44.8 Å². The van der Waals surface area contributed by atoms with Gasteiger partial charge in [-0.25, -0.2) is 9.50 Å². The monoisotopic (exact) mass is 549 g/mol. The van der Waals surface area contributed by atoms with E-state index in [9.17, 15) is 4.79 Å². The molecule has 3 heterocycles. The maximum atomic E-state index is 13.8. The van der Waals surface area contributed by atoms with Crippen LogP contribution in [-0.2, 0) is 0 Å². The predicted octanol–water partition coefficient (Wildman–Crippen LogP) is 5.86.